The first kappa shape index (κ1) is 20.0. The van der Waals surface area contributed by atoms with Gasteiger partial charge in [0.1, 0.15) is 5.82 Å². The molecule has 140 valence electrons. The van der Waals surface area contributed by atoms with Crippen LogP contribution in [0.4, 0.5) is 0 Å². The molecule has 0 aliphatic carbocycles. The quantitative estimate of drug-likeness (QED) is 0.659. The molecule has 2 aromatic rings. The number of aryl methyl sites for hydroxylation is 1. The number of halogens is 1. The molecule has 6 nitrogen and oxygen atoms in total. The summed E-state index contributed by atoms with van der Waals surface area (Å²) in [5, 5.41) is 3.42. The van der Waals surface area contributed by atoms with Crippen LogP contribution in [0.1, 0.15) is 49.9 Å². The van der Waals surface area contributed by atoms with Crippen molar-refractivity contribution in [2.24, 2.45) is 5.73 Å². The maximum absolute atomic E-state index is 12.2. The Bertz CT molecular complexity index is 740. The molecule has 0 aliphatic rings. The van der Waals surface area contributed by atoms with Gasteiger partial charge < -0.3 is 15.6 Å². The normalized spacial score (nSPS) is 12.2. The van der Waals surface area contributed by atoms with Crippen molar-refractivity contribution < 1.29 is 9.59 Å². The summed E-state index contributed by atoms with van der Waals surface area (Å²) in [6.07, 6.45) is 4.54. The van der Waals surface area contributed by atoms with E-state index in [9.17, 15) is 9.59 Å². The molecule has 0 fully saturated rings. The van der Waals surface area contributed by atoms with Gasteiger partial charge in [-0.15, -0.1) is 0 Å². The van der Waals surface area contributed by atoms with E-state index in [1.807, 2.05) is 6.20 Å². The van der Waals surface area contributed by atoms with Crippen molar-refractivity contribution in [3.05, 3.63) is 53.1 Å². The van der Waals surface area contributed by atoms with Crippen molar-refractivity contribution in [3.63, 3.8) is 0 Å². The van der Waals surface area contributed by atoms with Crippen LogP contribution in [0, 0.1) is 0 Å². The average molecular weight is 377 g/mol. The van der Waals surface area contributed by atoms with E-state index in [0.29, 0.717) is 23.0 Å². The fourth-order valence-corrected chi connectivity index (χ4v) is 2.95. The SMILES string of the molecule is CC(C)c1nccn1CCCNC(=O)CC(C(N)=O)c1ccc(Cl)cc1. The minimum atomic E-state index is -0.659. The summed E-state index contributed by atoms with van der Waals surface area (Å²) >= 11 is 5.86. The van der Waals surface area contributed by atoms with Gasteiger partial charge in [-0.25, -0.2) is 4.98 Å². The number of imidazole rings is 1. The fraction of sp³-hybridized carbons (Fsp3) is 0.421. The lowest BCUT2D eigenvalue weighted by atomic mass is 9.95. The third-order valence-corrected chi connectivity index (χ3v) is 4.42. The zero-order valence-corrected chi connectivity index (χ0v) is 15.9. The summed E-state index contributed by atoms with van der Waals surface area (Å²) in [6, 6.07) is 6.80. The zero-order valence-electron chi connectivity index (χ0n) is 15.1. The Kier molecular flexibility index (Phi) is 7.21. The second-order valence-corrected chi connectivity index (χ2v) is 6.98. The lowest BCUT2D eigenvalue weighted by molar-refractivity contribution is -0.126. The Morgan fingerprint density at radius 2 is 1.96 bits per heavy atom. The Balaban J connectivity index is 1.82. The standard InChI is InChI=1S/C19H25ClN4O2/c1-13(2)19-23-9-11-24(19)10-3-8-22-17(25)12-16(18(21)26)14-4-6-15(20)7-5-14/h4-7,9,11,13,16H,3,8,10,12H2,1-2H3,(H2,21,26)(H,22,25). The minimum absolute atomic E-state index is 0.0271. The Labute approximate surface area is 158 Å². The zero-order chi connectivity index (χ0) is 19.1. The van der Waals surface area contributed by atoms with Gasteiger partial charge in [0, 0.05) is 42.8 Å². The minimum Gasteiger partial charge on any atom is -0.369 e. The van der Waals surface area contributed by atoms with Crippen LogP contribution in [0.25, 0.3) is 0 Å². The molecule has 1 aromatic carbocycles. The Hall–Kier alpha value is -2.34. The molecule has 1 atom stereocenters. The lowest BCUT2D eigenvalue weighted by Crippen LogP contribution is -2.31. The molecule has 26 heavy (non-hydrogen) atoms. The topological polar surface area (TPSA) is 90.0 Å². The number of carbonyl (C=O) groups is 2. The number of hydrogen-bond acceptors (Lipinski definition) is 3. The molecule has 0 radical (unpaired) electrons. The maximum atomic E-state index is 12.2. The summed E-state index contributed by atoms with van der Waals surface area (Å²) in [6.45, 7) is 5.51. The van der Waals surface area contributed by atoms with Crippen LogP contribution in [-0.4, -0.2) is 27.9 Å². The molecule has 3 N–H and O–H groups in total. The van der Waals surface area contributed by atoms with Gasteiger partial charge in [0.05, 0.1) is 5.92 Å². The fourth-order valence-electron chi connectivity index (χ4n) is 2.82. The second kappa shape index (κ2) is 9.38. The summed E-state index contributed by atoms with van der Waals surface area (Å²) in [7, 11) is 0. The van der Waals surface area contributed by atoms with Gasteiger partial charge in [0.2, 0.25) is 11.8 Å². The summed E-state index contributed by atoms with van der Waals surface area (Å²) in [5.74, 6) is 0.0116. The van der Waals surface area contributed by atoms with E-state index in [1.165, 1.54) is 0 Å². The van der Waals surface area contributed by atoms with E-state index >= 15 is 0 Å². The molecule has 0 saturated heterocycles. The van der Waals surface area contributed by atoms with Crippen molar-refractivity contribution in [2.45, 2.75) is 45.1 Å². The smallest absolute Gasteiger partial charge is 0.225 e. The van der Waals surface area contributed by atoms with Crippen molar-refractivity contribution in [2.75, 3.05) is 6.54 Å². The van der Waals surface area contributed by atoms with Gasteiger partial charge >= 0.3 is 0 Å². The van der Waals surface area contributed by atoms with Crippen LogP contribution >= 0.6 is 11.6 Å². The molecule has 0 saturated carbocycles. The number of nitrogens with zero attached hydrogens (tertiary/aromatic N) is 2. The molecule has 7 heteroatoms. The van der Waals surface area contributed by atoms with Crippen LogP contribution in [0.5, 0.6) is 0 Å². The van der Waals surface area contributed by atoms with Gasteiger partial charge in [-0.3, -0.25) is 9.59 Å². The van der Waals surface area contributed by atoms with Crippen molar-refractivity contribution in [1.29, 1.82) is 0 Å². The van der Waals surface area contributed by atoms with Crippen LogP contribution in [-0.2, 0) is 16.1 Å². The Morgan fingerprint density at radius 1 is 1.27 bits per heavy atom. The van der Waals surface area contributed by atoms with E-state index in [4.69, 9.17) is 17.3 Å². The highest BCUT2D eigenvalue weighted by Gasteiger charge is 2.21. The largest absolute Gasteiger partial charge is 0.369 e. The maximum Gasteiger partial charge on any atom is 0.225 e. The number of rotatable bonds is 9. The number of aromatic nitrogens is 2. The monoisotopic (exact) mass is 376 g/mol. The van der Waals surface area contributed by atoms with Crippen LogP contribution in [0.3, 0.4) is 0 Å². The van der Waals surface area contributed by atoms with Gasteiger partial charge in [-0.1, -0.05) is 37.6 Å². The molecular weight excluding hydrogens is 352 g/mol. The first-order valence-electron chi connectivity index (χ1n) is 8.71. The van der Waals surface area contributed by atoms with E-state index in [2.05, 4.69) is 28.7 Å². The van der Waals surface area contributed by atoms with E-state index < -0.39 is 11.8 Å². The summed E-state index contributed by atoms with van der Waals surface area (Å²) in [4.78, 5) is 28.2. The second-order valence-electron chi connectivity index (χ2n) is 6.55. The van der Waals surface area contributed by atoms with E-state index in [1.54, 1.807) is 30.5 Å². The number of nitrogens with two attached hydrogens (primary N) is 1. The van der Waals surface area contributed by atoms with Gasteiger partial charge in [0.15, 0.2) is 0 Å². The number of amides is 2. The van der Waals surface area contributed by atoms with Crippen molar-refractivity contribution >= 4 is 23.4 Å². The lowest BCUT2D eigenvalue weighted by Gasteiger charge is -2.14. The van der Waals surface area contributed by atoms with Crippen LogP contribution in [0.15, 0.2) is 36.7 Å². The Morgan fingerprint density at radius 3 is 2.58 bits per heavy atom. The predicted octanol–water partition coefficient (Wildman–Crippen LogP) is 2.83. The molecule has 0 aliphatic heterocycles. The molecule has 2 amide bonds. The first-order chi connectivity index (χ1) is 12.4. The third kappa shape index (κ3) is 5.59. The number of primary amides is 1. The van der Waals surface area contributed by atoms with Gasteiger partial charge in [0.25, 0.3) is 0 Å². The van der Waals surface area contributed by atoms with Crippen LogP contribution in [0.2, 0.25) is 5.02 Å². The highest BCUT2D eigenvalue weighted by atomic mass is 35.5. The van der Waals surface area contributed by atoms with E-state index in [0.717, 1.165) is 18.8 Å². The van der Waals surface area contributed by atoms with Crippen molar-refractivity contribution in [3.8, 4) is 0 Å². The molecular formula is C19H25ClN4O2. The van der Waals surface area contributed by atoms with Crippen LogP contribution < -0.4 is 11.1 Å². The molecule has 1 unspecified atom stereocenters. The van der Waals surface area contributed by atoms with Gasteiger partial charge in [-0.2, -0.15) is 0 Å². The first-order valence-corrected chi connectivity index (χ1v) is 9.08. The number of hydrogen-bond donors (Lipinski definition) is 2. The molecule has 0 bridgehead atoms. The highest BCUT2D eigenvalue weighted by Crippen LogP contribution is 2.21. The molecule has 1 aromatic heterocycles. The van der Waals surface area contributed by atoms with Crippen molar-refractivity contribution in [1.82, 2.24) is 14.9 Å². The highest BCUT2D eigenvalue weighted by molar-refractivity contribution is 6.30. The summed E-state index contributed by atoms with van der Waals surface area (Å²) < 4.78 is 2.09. The average Bonchev–Trinajstić information content (AvgIpc) is 3.06. The molecule has 2 rings (SSSR count). The molecule has 0 spiro atoms. The third-order valence-electron chi connectivity index (χ3n) is 4.17. The van der Waals surface area contributed by atoms with E-state index in [-0.39, 0.29) is 12.3 Å². The summed E-state index contributed by atoms with van der Waals surface area (Å²) in [5.41, 5.74) is 6.15. The molecule has 1 heterocycles. The predicted molar refractivity (Wildman–Crippen MR) is 102 cm³/mol. The number of carbonyl (C=O) groups excluding carboxylic acids is 2. The number of benzene rings is 1. The van der Waals surface area contributed by atoms with Gasteiger partial charge in [-0.05, 0) is 24.1 Å². The number of nitrogens with one attached hydrogen (secondary N) is 1.